The van der Waals surface area contributed by atoms with Crippen molar-refractivity contribution in [2.24, 2.45) is 0 Å². The minimum atomic E-state index is 0.473. The highest BCUT2D eigenvalue weighted by molar-refractivity contribution is 5.65. The summed E-state index contributed by atoms with van der Waals surface area (Å²) in [5.41, 5.74) is 4.16. The molecule has 0 amide bonds. The lowest BCUT2D eigenvalue weighted by Gasteiger charge is -2.12. The van der Waals surface area contributed by atoms with Gasteiger partial charge in [-0.3, -0.25) is 0 Å². The van der Waals surface area contributed by atoms with Crippen LogP contribution in [0.15, 0.2) is 29.8 Å². The van der Waals surface area contributed by atoms with Gasteiger partial charge in [-0.25, -0.2) is 0 Å². The third-order valence-electron chi connectivity index (χ3n) is 2.64. The molecule has 0 spiro atoms. The highest BCUT2D eigenvalue weighted by Gasteiger charge is 2.21. The molecule has 0 fully saturated rings. The van der Waals surface area contributed by atoms with Gasteiger partial charge in [0.05, 0.1) is 6.61 Å². The average molecular weight is 174 g/mol. The van der Waals surface area contributed by atoms with E-state index in [1.807, 2.05) is 0 Å². The van der Waals surface area contributed by atoms with Crippen molar-refractivity contribution in [3.63, 3.8) is 0 Å². The molecule has 0 aromatic heterocycles. The van der Waals surface area contributed by atoms with Crippen molar-refractivity contribution in [2.75, 3.05) is 13.7 Å². The Hall–Kier alpha value is -1.08. The maximum absolute atomic E-state index is 5.21. The fraction of sp³-hybridized carbons (Fsp3) is 0.333. The molecule has 1 aromatic rings. The Kier molecular flexibility index (Phi) is 2.19. The van der Waals surface area contributed by atoms with Crippen LogP contribution >= 0.6 is 0 Å². The van der Waals surface area contributed by atoms with Gasteiger partial charge in [0.2, 0.25) is 0 Å². The first-order chi connectivity index (χ1) is 6.33. The van der Waals surface area contributed by atoms with Crippen molar-refractivity contribution in [3.05, 3.63) is 41.0 Å². The molecule has 0 radical (unpaired) electrons. The molecule has 1 aromatic carbocycles. The van der Waals surface area contributed by atoms with E-state index < -0.39 is 0 Å². The predicted molar refractivity (Wildman–Crippen MR) is 54.7 cm³/mol. The average Bonchev–Trinajstić information content (AvgIpc) is 2.44. The first-order valence-electron chi connectivity index (χ1n) is 4.59. The lowest BCUT2D eigenvalue weighted by Crippen LogP contribution is -2.04. The number of rotatable bonds is 2. The molecule has 0 N–H and O–H groups in total. The van der Waals surface area contributed by atoms with Crippen LogP contribution in [0.1, 0.15) is 24.0 Å². The second-order valence-corrected chi connectivity index (χ2v) is 3.53. The van der Waals surface area contributed by atoms with E-state index in [1.54, 1.807) is 7.11 Å². The molecular formula is C12H14O. The molecule has 0 saturated heterocycles. The summed E-state index contributed by atoms with van der Waals surface area (Å²) < 4.78 is 5.21. The summed E-state index contributed by atoms with van der Waals surface area (Å²) in [6, 6.07) is 8.52. The Morgan fingerprint density at radius 3 is 2.85 bits per heavy atom. The van der Waals surface area contributed by atoms with Gasteiger partial charge in [-0.1, -0.05) is 35.9 Å². The molecule has 0 bridgehead atoms. The highest BCUT2D eigenvalue weighted by Crippen LogP contribution is 2.35. The molecule has 1 heteroatoms. The highest BCUT2D eigenvalue weighted by atomic mass is 16.5. The number of hydrogen-bond donors (Lipinski definition) is 0. The molecule has 1 atom stereocenters. The molecule has 0 saturated carbocycles. The van der Waals surface area contributed by atoms with Gasteiger partial charge < -0.3 is 4.74 Å². The van der Waals surface area contributed by atoms with Crippen LogP contribution in [0.5, 0.6) is 0 Å². The Bertz CT molecular complexity index is 339. The lowest BCUT2D eigenvalue weighted by atomic mass is 9.98. The van der Waals surface area contributed by atoms with Crippen molar-refractivity contribution in [1.82, 2.24) is 0 Å². The van der Waals surface area contributed by atoms with E-state index in [0.29, 0.717) is 5.92 Å². The van der Waals surface area contributed by atoms with Crippen LogP contribution in [0.3, 0.4) is 0 Å². The summed E-state index contributed by atoms with van der Waals surface area (Å²) in [6.45, 7) is 2.96. The van der Waals surface area contributed by atoms with Gasteiger partial charge in [0.1, 0.15) is 0 Å². The third kappa shape index (κ3) is 1.40. The van der Waals surface area contributed by atoms with E-state index in [1.165, 1.54) is 16.7 Å². The molecule has 1 aliphatic carbocycles. The molecule has 0 aliphatic heterocycles. The monoisotopic (exact) mass is 174 g/mol. The van der Waals surface area contributed by atoms with Gasteiger partial charge >= 0.3 is 0 Å². The maximum atomic E-state index is 5.21. The summed E-state index contributed by atoms with van der Waals surface area (Å²) in [4.78, 5) is 0. The van der Waals surface area contributed by atoms with Gasteiger partial charge in [-0.2, -0.15) is 0 Å². The smallest absolute Gasteiger partial charge is 0.0568 e. The summed E-state index contributed by atoms with van der Waals surface area (Å²) in [7, 11) is 1.76. The third-order valence-corrected chi connectivity index (χ3v) is 2.64. The largest absolute Gasteiger partial charge is 0.384 e. The number of methoxy groups -OCH3 is 1. The van der Waals surface area contributed by atoms with Crippen LogP contribution in [-0.2, 0) is 4.74 Å². The van der Waals surface area contributed by atoms with Crippen molar-refractivity contribution in [3.8, 4) is 0 Å². The molecule has 68 valence electrons. The van der Waals surface area contributed by atoms with Crippen LogP contribution < -0.4 is 0 Å². The van der Waals surface area contributed by atoms with E-state index in [2.05, 4.69) is 37.3 Å². The van der Waals surface area contributed by atoms with E-state index >= 15 is 0 Å². The Balaban J connectivity index is 2.37. The summed E-state index contributed by atoms with van der Waals surface area (Å²) in [5.74, 6) is 0.473. The number of benzene rings is 1. The standard InChI is InChI=1S/C12H14O/c1-9-7-10-5-3-4-6-11(10)12(9)8-13-2/h3-7,12H,8H2,1-2H3. The van der Waals surface area contributed by atoms with Crippen molar-refractivity contribution >= 4 is 6.08 Å². The second kappa shape index (κ2) is 3.35. The van der Waals surface area contributed by atoms with Gasteiger partial charge in [0.25, 0.3) is 0 Å². The van der Waals surface area contributed by atoms with Crippen LogP contribution in [0.2, 0.25) is 0 Å². The van der Waals surface area contributed by atoms with Crippen molar-refractivity contribution in [1.29, 1.82) is 0 Å². The minimum Gasteiger partial charge on any atom is -0.384 e. The van der Waals surface area contributed by atoms with E-state index in [4.69, 9.17) is 4.74 Å². The Labute approximate surface area is 79.0 Å². The zero-order valence-corrected chi connectivity index (χ0v) is 8.08. The lowest BCUT2D eigenvalue weighted by molar-refractivity contribution is 0.189. The first kappa shape index (κ1) is 8.52. The molecule has 13 heavy (non-hydrogen) atoms. The van der Waals surface area contributed by atoms with Gasteiger partial charge in [-0.05, 0) is 18.1 Å². The second-order valence-electron chi connectivity index (χ2n) is 3.53. The molecular weight excluding hydrogens is 160 g/mol. The van der Waals surface area contributed by atoms with E-state index in [0.717, 1.165) is 6.61 Å². The zero-order chi connectivity index (χ0) is 9.26. The summed E-state index contributed by atoms with van der Waals surface area (Å²) in [6.07, 6.45) is 2.25. The van der Waals surface area contributed by atoms with Gasteiger partial charge in [0.15, 0.2) is 0 Å². The van der Waals surface area contributed by atoms with Crippen molar-refractivity contribution < 1.29 is 4.74 Å². The first-order valence-corrected chi connectivity index (χ1v) is 4.59. The van der Waals surface area contributed by atoms with E-state index in [-0.39, 0.29) is 0 Å². The predicted octanol–water partition coefficient (Wildman–Crippen LogP) is 2.83. The molecule has 0 heterocycles. The molecule has 1 nitrogen and oxygen atoms in total. The maximum Gasteiger partial charge on any atom is 0.0568 e. The summed E-state index contributed by atoms with van der Waals surface area (Å²) in [5, 5.41) is 0. The van der Waals surface area contributed by atoms with Gasteiger partial charge in [-0.15, -0.1) is 0 Å². The van der Waals surface area contributed by atoms with E-state index in [9.17, 15) is 0 Å². The van der Waals surface area contributed by atoms with Crippen LogP contribution in [0.25, 0.3) is 6.08 Å². The normalized spacial score (nSPS) is 19.8. The van der Waals surface area contributed by atoms with Gasteiger partial charge in [0, 0.05) is 13.0 Å². The summed E-state index contributed by atoms with van der Waals surface area (Å²) >= 11 is 0. The molecule has 2 rings (SSSR count). The van der Waals surface area contributed by atoms with Crippen LogP contribution in [-0.4, -0.2) is 13.7 Å². The quantitative estimate of drug-likeness (QED) is 0.670. The fourth-order valence-corrected chi connectivity index (χ4v) is 1.94. The topological polar surface area (TPSA) is 9.23 Å². The SMILES string of the molecule is COCC1C(C)=Cc2ccccc21. The Morgan fingerprint density at radius 1 is 1.31 bits per heavy atom. The molecule has 1 aliphatic rings. The van der Waals surface area contributed by atoms with Crippen LogP contribution in [0.4, 0.5) is 0 Å². The number of hydrogen-bond acceptors (Lipinski definition) is 1. The zero-order valence-electron chi connectivity index (χ0n) is 8.08. The Morgan fingerprint density at radius 2 is 2.08 bits per heavy atom. The fourth-order valence-electron chi connectivity index (χ4n) is 1.94. The van der Waals surface area contributed by atoms with Crippen LogP contribution in [0, 0.1) is 0 Å². The van der Waals surface area contributed by atoms with Crippen molar-refractivity contribution in [2.45, 2.75) is 12.8 Å². The minimum absolute atomic E-state index is 0.473. The number of fused-ring (bicyclic) bond motifs is 1. The molecule has 1 unspecified atom stereocenters. The number of ether oxygens (including phenoxy) is 1.